The summed E-state index contributed by atoms with van der Waals surface area (Å²) in [5, 5.41) is 10.9. The molecule has 0 atom stereocenters. The van der Waals surface area contributed by atoms with E-state index in [4.69, 9.17) is 9.47 Å². The van der Waals surface area contributed by atoms with Gasteiger partial charge in [0.05, 0.1) is 17.6 Å². The number of esters is 1. The van der Waals surface area contributed by atoms with Gasteiger partial charge in [-0.1, -0.05) is 0 Å². The third-order valence-corrected chi connectivity index (χ3v) is 2.91. The van der Waals surface area contributed by atoms with Crippen molar-refractivity contribution >= 4 is 23.5 Å². The summed E-state index contributed by atoms with van der Waals surface area (Å²) < 4.78 is 10.8. The monoisotopic (exact) mass is 349 g/mol. The fraction of sp³-hybridized carbons (Fsp3) is 0.444. The van der Waals surface area contributed by atoms with Gasteiger partial charge >= 0.3 is 5.97 Å². The van der Waals surface area contributed by atoms with Crippen molar-refractivity contribution in [2.75, 3.05) is 6.61 Å². The van der Waals surface area contributed by atoms with Crippen LogP contribution >= 0.6 is 0 Å². The Bertz CT molecular complexity index is 673. The molecule has 0 saturated carbocycles. The lowest BCUT2D eigenvalue weighted by atomic mass is 10.1. The van der Waals surface area contributed by atoms with Gasteiger partial charge in [-0.15, -0.1) is 0 Å². The number of nitro benzene ring substituents is 1. The van der Waals surface area contributed by atoms with E-state index >= 15 is 0 Å². The largest absolute Gasteiger partial charge is 0.493 e. The van der Waals surface area contributed by atoms with Crippen molar-refractivity contribution in [3.05, 3.63) is 40.0 Å². The van der Waals surface area contributed by atoms with Crippen molar-refractivity contribution in [1.29, 1.82) is 0 Å². The number of nitro groups is 1. The fourth-order valence-electron chi connectivity index (χ4n) is 1.90. The highest BCUT2D eigenvalue weighted by molar-refractivity contribution is 5.92. The summed E-state index contributed by atoms with van der Waals surface area (Å²) in [6.45, 7) is 6.97. The summed E-state index contributed by atoms with van der Waals surface area (Å²) in [5.41, 5.74) is -0.0944. The van der Waals surface area contributed by atoms with Crippen LogP contribution in [0.3, 0.4) is 0 Å². The van der Waals surface area contributed by atoms with Crippen molar-refractivity contribution in [1.82, 2.24) is 0 Å². The maximum Gasteiger partial charge on any atom is 0.306 e. The van der Waals surface area contributed by atoms with E-state index in [9.17, 15) is 19.7 Å². The quantitative estimate of drug-likeness (QED) is 0.233. The number of ketones is 1. The smallest absolute Gasteiger partial charge is 0.306 e. The molecule has 1 aromatic rings. The molecule has 0 bridgehead atoms. The molecule has 136 valence electrons. The van der Waals surface area contributed by atoms with Gasteiger partial charge in [0.1, 0.15) is 11.4 Å². The van der Waals surface area contributed by atoms with Gasteiger partial charge in [-0.3, -0.25) is 19.7 Å². The van der Waals surface area contributed by atoms with Crippen LogP contribution in [0.15, 0.2) is 24.3 Å². The first kappa shape index (κ1) is 20.3. The molecule has 0 radical (unpaired) electrons. The van der Waals surface area contributed by atoms with E-state index < -0.39 is 10.5 Å². The van der Waals surface area contributed by atoms with Crippen LogP contribution in [-0.4, -0.2) is 28.9 Å². The Balaban J connectivity index is 2.71. The van der Waals surface area contributed by atoms with Gasteiger partial charge in [0.25, 0.3) is 5.69 Å². The van der Waals surface area contributed by atoms with Crippen molar-refractivity contribution in [3.8, 4) is 5.75 Å². The molecule has 25 heavy (non-hydrogen) atoms. The first-order valence-electron chi connectivity index (χ1n) is 7.90. The third-order valence-electron chi connectivity index (χ3n) is 2.91. The second-order valence-corrected chi connectivity index (χ2v) is 6.46. The molecule has 7 heteroatoms. The summed E-state index contributed by atoms with van der Waals surface area (Å²) in [4.78, 5) is 33.1. The average Bonchev–Trinajstić information content (AvgIpc) is 2.48. The highest BCUT2D eigenvalue weighted by atomic mass is 16.6. The second kappa shape index (κ2) is 8.96. The summed E-state index contributed by atoms with van der Waals surface area (Å²) in [6.07, 6.45) is 3.49. The normalized spacial score (nSPS) is 11.4. The Morgan fingerprint density at radius 2 is 1.96 bits per heavy atom. The lowest BCUT2D eigenvalue weighted by molar-refractivity contribution is -0.384. The Labute approximate surface area is 146 Å². The first-order chi connectivity index (χ1) is 11.6. The van der Waals surface area contributed by atoms with Crippen molar-refractivity contribution in [3.63, 3.8) is 0 Å². The minimum Gasteiger partial charge on any atom is -0.493 e. The molecule has 0 spiro atoms. The second-order valence-electron chi connectivity index (χ2n) is 6.46. The third kappa shape index (κ3) is 8.10. The number of carbonyl (C=O) groups is 2. The number of carbonyl (C=O) groups excluding carboxylic acids is 2. The Hall–Kier alpha value is -2.70. The van der Waals surface area contributed by atoms with Gasteiger partial charge in [0, 0.05) is 18.1 Å². The Morgan fingerprint density at radius 1 is 1.28 bits per heavy atom. The van der Waals surface area contributed by atoms with Crippen molar-refractivity contribution in [2.24, 2.45) is 0 Å². The molecule has 0 amide bonds. The fourth-order valence-corrected chi connectivity index (χ4v) is 1.90. The van der Waals surface area contributed by atoms with Gasteiger partial charge in [-0.05, 0) is 52.3 Å². The highest BCUT2D eigenvalue weighted by Crippen LogP contribution is 2.26. The molecule has 0 N–H and O–H groups in total. The molecule has 7 nitrogen and oxygen atoms in total. The summed E-state index contributed by atoms with van der Waals surface area (Å²) in [6, 6.07) is 4.15. The molecule has 0 saturated heterocycles. The first-order valence-corrected chi connectivity index (χ1v) is 7.90. The van der Waals surface area contributed by atoms with Crippen LogP contribution in [0.25, 0.3) is 6.08 Å². The standard InChI is InChI=1S/C18H23NO6/c1-13(20)7-8-14-9-10-15(19(22)23)12-16(14)24-11-5-6-17(21)25-18(2,3)4/h7-10,12H,5-6,11H2,1-4H3/b8-7+. The molecule has 0 aliphatic carbocycles. The zero-order chi connectivity index (χ0) is 19.0. The van der Waals surface area contributed by atoms with Gasteiger partial charge in [0.2, 0.25) is 0 Å². The lowest BCUT2D eigenvalue weighted by Gasteiger charge is -2.19. The van der Waals surface area contributed by atoms with E-state index in [1.807, 2.05) is 0 Å². The topological polar surface area (TPSA) is 95.7 Å². The molecule has 0 heterocycles. The zero-order valence-corrected chi connectivity index (χ0v) is 14.9. The van der Waals surface area contributed by atoms with Crippen molar-refractivity contribution < 1.29 is 24.0 Å². The summed E-state index contributed by atoms with van der Waals surface area (Å²) in [7, 11) is 0. The molecule has 0 unspecified atom stereocenters. The molecule has 1 rings (SSSR count). The van der Waals surface area contributed by atoms with Crippen LogP contribution in [0.5, 0.6) is 5.75 Å². The molecular weight excluding hydrogens is 326 g/mol. The van der Waals surface area contributed by atoms with E-state index in [-0.39, 0.29) is 36.2 Å². The van der Waals surface area contributed by atoms with Crippen molar-refractivity contribution in [2.45, 2.75) is 46.1 Å². The predicted octanol–water partition coefficient (Wildman–Crippen LogP) is 3.70. The summed E-state index contributed by atoms with van der Waals surface area (Å²) >= 11 is 0. The van der Waals surface area contributed by atoms with E-state index in [1.165, 1.54) is 37.3 Å². The SMILES string of the molecule is CC(=O)/C=C/c1ccc([N+](=O)[O-])cc1OCCCC(=O)OC(C)(C)C. The Morgan fingerprint density at radius 3 is 2.52 bits per heavy atom. The van der Waals surface area contributed by atoms with Gasteiger partial charge in [0.15, 0.2) is 5.78 Å². The number of ether oxygens (including phenoxy) is 2. The molecule has 1 aromatic carbocycles. The predicted molar refractivity (Wildman–Crippen MR) is 93.4 cm³/mol. The molecular formula is C18H23NO6. The number of allylic oxidation sites excluding steroid dienone is 1. The number of benzene rings is 1. The number of non-ortho nitro benzene ring substituents is 1. The molecule has 0 aliphatic rings. The molecule has 0 aromatic heterocycles. The van der Waals surface area contributed by atoms with E-state index in [1.54, 1.807) is 20.8 Å². The van der Waals surface area contributed by atoms with Crippen LogP contribution in [-0.2, 0) is 14.3 Å². The highest BCUT2D eigenvalue weighted by Gasteiger charge is 2.16. The minimum absolute atomic E-state index is 0.109. The van der Waals surface area contributed by atoms with Crippen LogP contribution in [0.2, 0.25) is 0 Å². The van der Waals surface area contributed by atoms with E-state index in [0.29, 0.717) is 12.0 Å². The van der Waals surface area contributed by atoms with Gasteiger partial charge in [-0.2, -0.15) is 0 Å². The lowest BCUT2D eigenvalue weighted by Crippen LogP contribution is -2.24. The van der Waals surface area contributed by atoms with Crippen LogP contribution < -0.4 is 4.74 Å². The minimum atomic E-state index is -0.539. The maximum absolute atomic E-state index is 11.6. The summed E-state index contributed by atoms with van der Waals surface area (Å²) in [5.74, 6) is -0.183. The number of hydrogen-bond donors (Lipinski definition) is 0. The van der Waals surface area contributed by atoms with Crippen LogP contribution in [0.4, 0.5) is 5.69 Å². The zero-order valence-electron chi connectivity index (χ0n) is 14.9. The maximum atomic E-state index is 11.6. The Kier molecular flexibility index (Phi) is 7.29. The molecule has 0 fully saturated rings. The molecule has 0 aliphatic heterocycles. The number of nitrogens with zero attached hydrogens (tertiary/aromatic N) is 1. The van der Waals surface area contributed by atoms with E-state index in [0.717, 1.165) is 0 Å². The average molecular weight is 349 g/mol. The van der Waals surface area contributed by atoms with E-state index in [2.05, 4.69) is 0 Å². The van der Waals surface area contributed by atoms with Gasteiger partial charge < -0.3 is 9.47 Å². The van der Waals surface area contributed by atoms with Gasteiger partial charge in [-0.25, -0.2) is 0 Å². The van der Waals surface area contributed by atoms with Crippen LogP contribution in [0, 0.1) is 10.1 Å². The number of rotatable bonds is 8. The van der Waals surface area contributed by atoms with Crippen LogP contribution in [0.1, 0.15) is 46.1 Å². The number of hydrogen-bond acceptors (Lipinski definition) is 6.